The molecule has 0 radical (unpaired) electrons. The van der Waals surface area contributed by atoms with Gasteiger partial charge in [-0.05, 0) is 23.8 Å². The van der Waals surface area contributed by atoms with Crippen LogP contribution in [0.4, 0.5) is 4.39 Å². The normalized spacial score (nSPS) is 11.8. The van der Waals surface area contributed by atoms with E-state index in [1.165, 1.54) is 12.1 Å². The molecule has 0 amide bonds. The highest BCUT2D eigenvalue weighted by molar-refractivity contribution is 7.98. The number of methoxy groups -OCH3 is 1. The Morgan fingerprint density at radius 1 is 1.53 bits per heavy atom. The van der Waals surface area contributed by atoms with E-state index >= 15 is 0 Å². The molecule has 94 valence electrons. The van der Waals surface area contributed by atoms with Gasteiger partial charge in [0, 0.05) is 24.2 Å². The average molecular weight is 258 g/mol. The summed E-state index contributed by atoms with van der Waals surface area (Å²) < 4.78 is 18.2. The van der Waals surface area contributed by atoms with Crippen LogP contribution in [0.3, 0.4) is 0 Å². The number of benzene rings is 1. The summed E-state index contributed by atoms with van der Waals surface area (Å²) in [6.45, 7) is 0.660. The van der Waals surface area contributed by atoms with Crippen molar-refractivity contribution in [2.75, 3.05) is 19.5 Å². The second kappa shape index (κ2) is 7.13. The SMILES string of the molecule is COCCSCc1cc(F)cc(/C(N)=N/O)c1. The molecule has 0 bridgehead atoms. The Kier molecular flexibility index (Phi) is 5.79. The molecule has 0 atom stereocenters. The zero-order valence-electron chi connectivity index (χ0n) is 9.52. The maximum absolute atomic E-state index is 13.3. The van der Waals surface area contributed by atoms with Crippen LogP contribution in [0.15, 0.2) is 23.4 Å². The van der Waals surface area contributed by atoms with Gasteiger partial charge in [0.05, 0.1) is 6.61 Å². The van der Waals surface area contributed by atoms with Crippen molar-refractivity contribution in [3.8, 4) is 0 Å². The molecule has 0 spiro atoms. The minimum atomic E-state index is -0.392. The lowest BCUT2D eigenvalue weighted by Gasteiger charge is -2.05. The summed E-state index contributed by atoms with van der Waals surface area (Å²) >= 11 is 1.63. The number of nitrogens with two attached hydrogens (primary N) is 1. The standard InChI is InChI=1S/C11H15FN2O2S/c1-16-2-3-17-7-8-4-9(11(13)14-15)6-10(12)5-8/h4-6,15H,2-3,7H2,1H3,(H2,13,14). The van der Waals surface area contributed by atoms with Gasteiger partial charge in [0.15, 0.2) is 5.84 Å². The van der Waals surface area contributed by atoms with Crippen molar-refractivity contribution in [3.05, 3.63) is 35.1 Å². The lowest BCUT2D eigenvalue weighted by Crippen LogP contribution is -2.13. The van der Waals surface area contributed by atoms with E-state index in [4.69, 9.17) is 15.7 Å². The van der Waals surface area contributed by atoms with Crippen molar-refractivity contribution in [2.24, 2.45) is 10.9 Å². The number of nitrogens with zero attached hydrogens (tertiary/aromatic N) is 1. The molecular formula is C11H15FN2O2S. The van der Waals surface area contributed by atoms with Crippen molar-refractivity contribution in [2.45, 2.75) is 5.75 Å². The van der Waals surface area contributed by atoms with Gasteiger partial charge in [-0.2, -0.15) is 11.8 Å². The van der Waals surface area contributed by atoms with E-state index in [0.29, 0.717) is 17.9 Å². The summed E-state index contributed by atoms with van der Waals surface area (Å²) in [4.78, 5) is 0. The monoisotopic (exact) mass is 258 g/mol. The molecule has 1 aromatic carbocycles. The van der Waals surface area contributed by atoms with Gasteiger partial charge >= 0.3 is 0 Å². The largest absolute Gasteiger partial charge is 0.409 e. The number of hydrogen-bond donors (Lipinski definition) is 2. The van der Waals surface area contributed by atoms with Gasteiger partial charge in [0.2, 0.25) is 0 Å². The summed E-state index contributed by atoms with van der Waals surface area (Å²) in [5.74, 6) is 1.02. The van der Waals surface area contributed by atoms with Crippen LogP contribution < -0.4 is 5.73 Å². The van der Waals surface area contributed by atoms with Crippen LogP contribution in [0.2, 0.25) is 0 Å². The molecule has 0 saturated carbocycles. The van der Waals surface area contributed by atoms with Gasteiger partial charge in [-0.25, -0.2) is 4.39 Å². The third-order valence-electron chi connectivity index (χ3n) is 2.06. The lowest BCUT2D eigenvalue weighted by molar-refractivity contribution is 0.218. The van der Waals surface area contributed by atoms with Crippen LogP contribution in [0.1, 0.15) is 11.1 Å². The minimum Gasteiger partial charge on any atom is -0.409 e. The van der Waals surface area contributed by atoms with Crippen LogP contribution in [0.25, 0.3) is 0 Å². The number of oxime groups is 1. The Morgan fingerprint density at radius 3 is 2.94 bits per heavy atom. The Hall–Kier alpha value is -1.27. The second-order valence-corrected chi connectivity index (χ2v) is 4.48. The molecule has 0 saturated heterocycles. The number of amidine groups is 1. The Bertz CT molecular complexity index is 399. The fourth-order valence-corrected chi connectivity index (χ4v) is 2.10. The van der Waals surface area contributed by atoms with Gasteiger partial charge in [0.25, 0.3) is 0 Å². The number of ether oxygens (including phenoxy) is 1. The molecule has 0 aliphatic heterocycles. The zero-order chi connectivity index (χ0) is 12.7. The van der Waals surface area contributed by atoms with Crippen molar-refractivity contribution in [3.63, 3.8) is 0 Å². The Labute approximate surface area is 104 Å². The molecule has 0 unspecified atom stereocenters. The first kappa shape index (κ1) is 13.8. The molecular weight excluding hydrogens is 243 g/mol. The molecule has 1 aromatic rings. The summed E-state index contributed by atoms with van der Waals surface area (Å²) in [6, 6.07) is 4.38. The van der Waals surface area contributed by atoms with Crippen molar-refractivity contribution in [1.29, 1.82) is 0 Å². The van der Waals surface area contributed by atoms with E-state index in [1.54, 1.807) is 24.9 Å². The predicted molar refractivity (Wildman–Crippen MR) is 66.9 cm³/mol. The number of thioether (sulfide) groups is 1. The van der Waals surface area contributed by atoms with E-state index in [0.717, 1.165) is 11.3 Å². The second-order valence-electron chi connectivity index (χ2n) is 3.38. The van der Waals surface area contributed by atoms with E-state index in [-0.39, 0.29) is 5.84 Å². The van der Waals surface area contributed by atoms with Crippen LogP contribution in [0.5, 0.6) is 0 Å². The molecule has 0 fully saturated rings. The van der Waals surface area contributed by atoms with E-state index in [1.807, 2.05) is 0 Å². The first-order chi connectivity index (χ1) is 8.17. The van der Waals surface area contributed by atoms with Crippen LogP contribution >= 0.6 is 11.8 Å². The molecule has 0 aliphatic carbocycles. The topological polar surface area (TPSA) is 67.8 Å². The summed E-state index contributed by atoms with van der Waals surface area (Å²) in [5, 5.41) is 11.4. The van der Waals surface area contributed by atoms with Crippen LogP contribution in [-0.2, 0) is 10.5 Å². The summed E-state index contributed by atoms with van der Waals surface area (Å²) in [7, 11) is 1.64. The van der Waals surface area contributed by atoms with E-state index in [2.05, 4.69) is 5.16 Å². The molecule has 0 aliphatic rings. The molecule has 0 heterocycles. The Morgan fingerprint density at radius 2 is 2.29 bits per heavy atom. The smallest absolute Gasteiger partial charge is 0.170 e. The van der Waals surface area contributed by atoms with Gasteiger partial charge in [-0.15, -0.1) is 0 Å². The average Bonchev–Trinajstić information content (AvgIpc) is 2.33. The molecule has 4 nitrogen and oxygen atoms in total. The van der Waals surface area contributed by atoms with Crippen molar-refractivity contribution < 1.29 is 14.3 Å². The molecule has 6 heteroatoms. The number of halogens is 1. The predicted octanol–water partition coefficient (Wildman–Crippen LogP) is 1.80. The fraction of sp³-hybridized carbons (Fsp3) is 0.364. The van der Waals surface area contributed by atoms with Gasteiger partial charge < -0.3 is 15.7 Å². The van der Waals surface area contributed by atoms with E-state index in [9.17, 15) is 4.39 Å². The molecule has 1 rings (SSSR count). The molecule has 0 aromatic heterocycles. The maximum atomic E-state index is 13.3. The third-order valence-corrected chi connectivity index (χ3v) is 3.05. The summed E-state index contributed by atoms with van der Waals surface area (Å²) in [5.41, 5.74) is 6.60. The highest BCUT2D eigenvalue weighted by Gasteiger charge is 2.05. The van der Waals surface area contributed by atoms with Crippen molar-refractivity contribution in [1.82, 2.24) is 0 Å². The molecule has 3 N–H and O–H groups in total. The quantitative estimate of drug-likeness (QED) is 0.268. The van der Waals surface area contributed by atoms with Crippen molar-refractivity contribution >= 4 is 17.6 Å². The Balaban J connectivity index is 2.69. The number of rotatable bonds is 6. The van der Waals surface area contributed by atoms with Crippen LogP contribution in [-0.4, -0.2) is 30.5 Å². The van der Waals surface area contributed by atoms with E-state index < -0.39 is 5.82 Å². The highest BCUT2D eigenvalue weighted by atomic mass is 32.2. The van der Waals surface area contributed by atoms with Gasteiger partial charge in [-0.3, -0.25) is 0 Å². The zero-order valence-corrected chi connectivity index (χ0v) is 10.3. The highest BCUT2D eigenvalue weighted by Crippen LogP contribution is 2.15. The number of hydrogen-bond acceptors (Lipinski definition) is 4. The molecule has 17 heavy (non-hydrogen) atoms. The van der Waals surface area contributed by atoms with Crippen LogP contribution in [0, 0.1) is 5.82 Å². The first-order valence-corrected chi connectivity index (χ1v) is 6.17. The fourth-order valence-electron chi connectivity index (χ4n) is 1.27. The lowest BCUT2D eigenvalue weighted by atomic mass is 10.1. The summed E-state index contributed by atoms with van der Waals surface area (Å²) in [6.07, 6.45) is 0. The van der Waals surface area contributed by atoms with Gasteiger partial charge in [0.1, 0.15) is 5.82 Å². The third kappa shape index (κ3) is 4.62. The van der Waals surface area contributed by atoms with Gasteiger partial charge in [-0.1, -0.05) is 5.16 Å². The maximum Gasteiger partial charge on any atom is 0.170 e. The first-order valence-electron chi connectivity index (χ1n) is 5.01. The minimum absolute atomic E-state index is 0.0901.